The van der Waals surface area contributed by atoms with Gasteiger partial charge in [-0.2, -0.15) is 0 Å². The Balaban J connectivity index is 3.66. The molecule has 0 aromatic heterocycles. The van der Waals surface area contributed by atoms with E-state index in [9.17, 15) is 9.90 Å². The van der Waals surface area contributed by atoms with E-state index in [1.165, 1.54) is 0 Å². The summed E-state index contributed by atoms with van der Waals surface area (Å²) in [6.07, 6.45) is 28.7. The number of allylic oxidation sites excluding steroid dienone is 10. The first kappa shape index (κ1) is 22.9. The molecule has 0 heterocycles. The molecule has 0 unspecified atom stereocenters. The summed E-state index contributed by atoms with van der Waals surface area (Å²) in [7, 11) is 0. The van der Waals surface area contributed by atoms with Crippen LogP contribution in [0.15, 0.2) is 72.9 Å². The van der Waals surface area contributed by atoms with Gasteiger partial charge < -0.3 is 10.2 Å². The van der Waals surface area contributed by atoms with Crippen molar-refractivity contribution in [3.8, 4) is 0 Å². The fourth-order valence-corrected chi connectivity index (χ4v) is 1.87. The molecule has 0 aliphatic carbocycles. The number of carboxylic acids is 1. The van der Waals surface area contributed by atoms with Gasteiger partial charge in [0, 0.05) is 6.42 Å². The van der Waals surface area contributed by atoms with E-state index in [1.54, 1.807) is 6.08 Å². The van der Waals surface area contributed by atoms with Crippen LogP contribution in [-0.4, -0.2) is 22.3 Å². The van der Waals surface area contributed by atoms with Gasteiger partial charge >= 0.3 is 5.97 Å². The van der Waals surface area contributed by atoms with Gasteiger partial charge in [0.05, 0.1) is 6.10 Å². The first-order chi connectivity index (χ1) is 12.2. The molecule has 0 saturated carbocycles. The molecule has 0 aromatic rings. The lowest BCUT2D eigenvalue weighted by atomic mass is 10.2. The molecule has 0 aromatic carbocycles. The number of hydrogen-bond acceptors (Lipinski definition) is 2. The molecule has 138 valence electrons. The van der Waals surface area contributed by atoms with E-state index in [0.717, 1.165) is 25.7 Å². The van der Waals surface area contributed by atoms with Crippen molar-refractivity contribution in [1.82, 2.24) is 0 Å². The molecular formula is C22H32O3. The predicted molar refractivity (Wildman–Crippen MR) is 106 cm³/mol. The van der Waals surface area contributed by atoms with Crippen molar-refractivity contribution in [2.45, 2.75) is 58.0 Å². The predicted octanol–water partition coefficient (Wildman–Crippen LogP) is 5.52. The first-order valence-electron chi connectivity index (χ1n) is 9.00. The summed E-state index contributed by atoms with van der Waals surface area (Å²) < 4.78 is 0. The van der Waals surface area contributed by atoms with Crippen molar-refractivity contribution in [3.05, 3.63) is 72.9 Å². The van der Waals surface area contributed by atoms with Crippen LogP contribution in [0.3, 0.4) is 0 Å². The van der Waals surface area contributed by atoms with Crippen LogP contribution < -0.4 is 0 Å². The van der Waals surface area contributed by atoms with Gasteiger partial charge in [0.25, 0.3) is 0 Å². The van der Waals surface area contributed by atoms with Crippen LogP contribution in [0.25, 0.3) is 0 Å². The molecule has 0 amide bonds. The average molecular weight is 344 g/mol. The number of carbonyl (C=O) groups is 1. The monoisotopic (exact) mass is 344 g/mol. The summed E-state index contributed by atoms with van der Waals surface area (Å²) in [6, 6.07) is 0. The van der Waals surface area contributed by atoms with Gasteiger partial charge in [-0.3, -0.25) is 4.79 Å². The normalized spacial score (nSPS) is 14.3. The topological polar surface area (TPSA) is 57.5 Å². The lowest BCUT2D eigenvalue weighted by molar-refractivity contribution is -0.136. The van der Waals surface area contributed by atoms with E-state index in [4.69, 9.17) is 5.11 Å². The number of aliphatic hydroxyl groups is 1. The van der Waals surface area contributed by atoms with E-state index < -0.39 is 12.1 Å². The van der Waals surface area contributed by atoms with Crippen LogP contribution in [0.5, 0.6) is 0 Å². The largest absolute Gasteiger partial charge is 0.481 e. The van der Waals surface area contributed by atoms with Crippen molar-refractivity contribution in [2.24, 2.45) is 0 Å². The molecule has 3 heteroatoms. The maximum atomic E-state index is 10.3. The van der Waals surface area contributed by atoms with Crippen LogP contribution >= 0.6 is 0 Å². The Kier molecular flexibility index (Phi) is 16.7. The summed E-state index contributed by atoms with van der Waals surface area (Å²) >= 11 is 0. The SMILES string of the molecule is CC/C=C\C[C@H](O)/C=C/C=C\C/C=C\C/C=C\C/C=C\CCC(=O)O. The Labute approximate surface area is 152 Å². The maximum absolute atomic E-state index is 10.3. The minimum Gasteiger partial charge on any atom is -0.481 e. The molecule has 0 aliphatic rings. The minimum atomic E-state index is -0.754. The van der Waals surface area contributed by atoms with E-state index in [2.05, 4.69) is 43.4 Å². The highest BCUT2D eigenvalue weighted by Crippen LogP contribution is 1.98. The molecule has 0 bridgehead atoms. The van der Waals surface area contributed by atoms with Crippen LogP contribution in [-0.2, 0) is 4.79 Å². The summed E-state index contributed by atoms with van der Waals surface area (Å²) in [5.41, 5.74) is 0. The number of aliphatic carboxylic acids is 1. The number of rotatable bonds is 14. The quantitative estimate of drug-likeness (QED) is 0.322. The first-order valence-corrected chi connectivity index (χ1v) is 9.00. The van der Waals surface area contributed by atoms with Crippen LogP contribution in [0.2, 0.25) is 0 Å². The molecule has 1 atom stereocenters. The lowest BCUT2D eigenvalue weighted by Crippen LogP contribution is -1.98. The third-order valence-electron chi connectivity index (χ3n) is 3.20. The zero-order valence-electron chi connectivity index (χ0n) is 15.3. The Morgan fingerprint density at radius 3 is 2.04 bits per heavy atom. The second kappa shape index (κ2) is 18.2. The summed E-state index contributed by atoms with van der Waals surface area (Å²) in [5, 5.41) is 18.2. The van der Waals surface area contributed by atoms with Gasteiger partial charge in [0.15, 0.2) is 0 Å². The third kappa shape index (κ3) is 19.8. The van der Waals surface area contributed by atoms with Gasteiger partial charge in [0.1, 0.15) is 0 Å². The Bertz CT molecular complexity index is 493. The Hall–Kier alpha value is -2.13. The highest BCUT2D eigenvalue weighted by Gasteiger charge is 1.92. The smallest absolute Gasteiger partial charge is 0.303 e. The molecule has 0 fully saturated rings. The standard InChI is InChI=1S/C22H32O3/c1-2-3-15-18-21(23)19-16-13-11-9-7-5-4-6-8-10-12-14-17-20-22(24)25/h3,5-8,11-16,19,21,23H,2,4,9-10,17-18,20H2,1H3,(H,24,25)/b7-5-,8-6-,13-11-,14-12-,15-3-,19-16+/t21-/m0/s1. The fourth-order valence-electron chi connectivity index (χ4n) is 1.87. The molecule has 0 radical (unpaired) electrons. The lowest BCUT2D eigenvalue weighted by Gasteiger charge is -1.98. The van der Waals surface area contributed by atoms with E-state index in [-0.39, 0.29) is 6.42 Å². The number of carboxylic acid groups (broad SMARTS) is 1. The highest BCUT2D eigenvalue weighted by atomic mass is 16.4. The van der Waals surface area contributed by atoms with E-state index >= 15 is 0 Å². The van der Waals surface area contributed by atoms with Gasteiger partial charge in [0.2, 0.25) is 0 Å². The Morgan fingerprint density at radius 2 is 1.44 bits per heavy atom. The number of hydrogen-bond donors (Lipinski definition) is 2. The summed E-state index contributed by atoms with van der Waals surface area (Å²) in [4.78, 5) is 10.3. The second-order valence-corrected chi connectivity index (χ2v) is 5.55. The van der Waals surface area contributed by atoms with Crippen LogP contribution in [0.1, 0.15) is 51.9 Å². The molecular weight excluding hydrogens is 312 g/mol. The average Bonchev–Trinajstić information content (AvgIpc) is 2.58. The van der Waals surface area contributed by atoms with Crippen molar-refractivity contribution in [2.75, 3.05) is 0 Å². The van der Waals surface area contributed by atoms with Crippen molar-refractivity contribution in [1.29, 1.82) is 0 Å². The molecule has 0 aliphatic heterocycles. The van der Waals surface area contributed by atoms with Crippen molar-refractivity contribution < 1.29 is 15.0 Å². The van der Waals surface area contributed by atoms with Crippen molar-refractivity contribution in [3.63, 3.8) is 0 Å². The molecule has 2 N–H and O–H groups in total. The molecule has 0 saturated heterocycles. The van der Waals surface area contributed by atoms with Crippen LogP contribution in [0.4, 0.5) is 0 Å². The van der Waals surface area contributed by atoms with Crippen molar-refractivity contribution >= 4 is 5.97 Å². The maximum Gasteiger partial charge on any atom is 0.303 e. The molecule has 0 rings (SSSR count). The zero-order chi connectivity index (χ0) is 18.6. The summed E-state index contributed by atoms with van der Waals surface area (Å²) in [6.45, 7) is 2.08. The molecule has 25 heavy (non-hydrogen) atoms. The third-order valence-corrected chi connectivity index (χ3v) is 3.20. The van der Waals surface area contributed by atoms with Gasteiger partial charge in [-0.15, -0.1) is 0 Å². The minimum absolute atomic E-state index is 0.195. The van der Waals surface area contributed by atoms with Gasteiger partial charge in [-0.25, -0.2) is 0 Å². The number of aliphatic hydroxyl groups excluding tert-OH is 1. The molecule has 3 nitrogen and oxygen atoms in total. The molecule has 0 spiro atoms. The van der Waals surface area contributed by atoms with Crippen LogP contribution in [0, 0.1) is 0 Å². The second-order valence-electron chi connectivity index (χ2n) is 5.55. The van der Waals surface area contributed by atoms with Gasteiger partial charge in [-0.1, -0.05) is 79.8 Å². The van der Waals surface area contributed by atoms with E-state index in [0.29, 0.717) is 12.8 Å². The fraction of sp³-hybridized carbons (Fsp3) is 0.409. The zero-order valence-corrected chi connectivity index (χ0v) is 15.3. The Morgan fingerprint density at radius 1 is 0.840 bits per heavy atom. The summed E-state index contributed by atoms with van der Waals surface area (Å²) in [5.74, 6) is -0.754. The van der Waals surface area contributed by atoms with E-state index in [1.807, 2.05) is 30.4 Å². The highest BCUT2D eigenvalue weighted by molar-refractivity contribution is 5.66. The van der Waals surface area contributed by atoms with Gasteiger partial charge in [-0.05, 0) is 38.5 Å².